The first-order chi connectivity index (χ1) is 13.0. The molecular formula is C19H19N5O3. The molecule has 1 aromatic heterocycles. The van der Waals surface area contributed by atoms with Gasteiger partial charge in [0.15, 0.2) is 0 Å². The molecule has 2 N–H and O–H groups in total. The second kappa shape index (κ2) is 6.54. The van der Waals surface area contributed by atoms with E-state index >= 15 is 0 Å². The summed E-state index contributed by atoms with van der Waals surface area (Å²) in [6, 6.07) is 11.2. The summed E-state index contributed by atoms with van der Waals surface area (Å²) in [5, 5.41) is 25.8. The molecule has 4 rings (SSSR count). The smallest absolute Gasteiger partial charge is 0.404 e. The monoisotopic (exact) mass is 365 g/mol. The lowest BCUT2D eigenvalue weighted by Crippen LogP contribution is -2.55. The number of rotatable bonds is 3. The Balaban J connectivity index is 1.71. The summed E-state index contributed by atoms with van der Waals surface area (Å²) in [6.45, 7) is 4.12. The van der Waals surface area contributed by atoms with E-state index in [2.05, 4.69) is 48.9 Å². The van der Waals surface area contributed by atoms with Crippen LogP contribution >= 0.6 is 0 Å². The molecule has 1 aromatic carbocycles. The van der Waals surface area contributed by atoms with Crippen LogP contribution in [-0.2, 0) is 0 Å². The maximum absolute atomic E-state index is 11.0. The summed E-state index contributed by atoms with van der Waals surface area (Å²) in [4.78, 5) is 10.4. The molecule has 0 spiro atoms. The fourth-order valence-corrected chi connectivity index (χ4v) is 3.88. The molecule has 0 radical (unpaired) electrons. The Morgan fingerprint density at radius 1 is 1.33 bits per heavy atom. The third-order valence-electron chi connectivity index (χ3n) is 5.15. The predicted octanol–water partition coefficient (Wildman–Crippen LogP) is 3.13. The normalized spacial score (nSPS) is 24.6. The molecule has 138 valence electrons. The maximum Gasteiger partial charge on any atom is 0.433 e. The highest BCUT2D eigenvalue weighted by Crippen LogP contribution is 2.41. The number of hydrogen-bond acceptors (Lipinski definition) is 7. The molecule has 2 aromatic rings. The molecule has 0 amide bonds. The SMILES string of the molecule is Cc1ccc(C2CC(c3ccc([N+](=O)[O-])o3)NC3C(C#N)=CNN32)c(C)c1. The van der Waals surface area contributed by atoms with Crippen molar-refractivity contribution in [1.29, 1.82) is 5.26 Å². The molecule has 2 aliphatic heterocycles. The number of nitriles is 1. The zero-order chi connectivity index (χ0) is 19.1. The standard InChI is InChI=1S/C19H19N5O3/c1-11-3-4-14(12(2)7-11)16-8-15(17-5-6-18(27-17)24(25)26)22-19-13(9-20)10-21-23(16)19/h3-7,10,15-16,19,21-22H,8H2,1-2H3. The molecule has 0 bridgehead atoms. The highest BCUT2D eigenvalue weighted by Gasteiger charge is 2.42. The van der Waals surface area contributed by atoms with Gasteiger partial charge in [0.1, 0.15) is 16.8 Å². The van der Waals surface area contributed by atoms with Gasteiger partial charge in [-0.2, -0.15) is 10.3 Å². The zero-order valence-corrected chi connectivity index (χ0v) is 15.0. The van der Waals surface area contributed by atoms with Gasteiger partial charge in [0.25, 0.3) is 0 Å². The molecule has 3 atom stereocenters. The van der Waals surface area contributed by atoms with E-state index in [9.17, 15) is 15.4 Å². The molecule has 8 heteroatoms. The molecule has 3 heterocycles. The summed E-state index contributed by atoms with van der Waals surface area (Å²) < 4.78 is 5.43. The van der Waals surface area contributed by atoms with E-state index in [0.717, 1.165) is 11.1 Å². The topological polar surface area (TPSA) is 107 Å². The molecule has 27 heavy (non-hydrogen) atoms. The van der Waals surface area contributed by atoms with Crippen molar-refractivity contribution in [2.45, 2.75) is 38.5 Å². The molecule has 3 unspecified atom stereocenters. The molecular weight excluding hydrogens is 346 g/mol. The van der Waals surface area contributed by atoms with Gasteiger partial charge in [0.05, 0.1) is 29.8 Å². The Morgan fingerprint density at radius 3 is 2.81 bits per heavy atom. The zero-order valence-electron chi connectivity index (χ0n) is 15.0. The van der Waals surface area contributed by atoms with Gasteiger partial charge in [-0.3, -0.25) is 15.4 Å². The molecule has 1 saturated heterocycles. The van der Waals surface area contributed by atoms with Crippen LogP contribution in [0.3, 0.4) is 0 Å². The lowest BCUT2D eigenvalue weighted by atomic mass is 9.90. The Hall–Kier alpha value is -3.15. The van der Waals surface area contributed by atoms with Gasteiger partial charge in [-0.15, -0.1) is 0 Å². The van der Waals surface area contributed by atoms with Crippen molar-refractivity contribution in [3.8, 4) is 6.07 Å². The first-order valence-corrected chi connectivity index (χ1v) is 8.70. The quantitative estimate of drug-likeness (QED) is 0.635. The summed E-state index contributed by atoms with van der Waals surface area (Å²) in [5.41, 5.74) is 7.26. The van der Waals surface area contributed by atoms with Crippen LogP contribution in [0.4, 0.5) is 5.88 Å². The van der Waals surface area contributed by atoms with Crippen LogP contribution in [0.2, 0.25) is 0 Å². The minimum absolute atomic E-state index is 0.0203. The number of fused-ring (bicyclic) bond motifs is 1. The minimum Gasteiger partial charge on any atom is -0.404 e. The average Bonchev–Trinajstić information content (AvgIpc) is 3.28. The summed E-state index contributed by atoms with van der Waals surface area (Å²) >= 11 is 0. The van der Waals surface area contributed by atoms with Crippen molar-refractivity contribution in [2.24, 2.45) is 0 Å². The number of nitrogens with zero attached hydrogens (tertiary/aromatic N) is 3. The van der Waals surface area contributed by atoms with Crippen LogP contribution in [0.25, 0.3) is 0 Å². The number of hydrazine groups is 1. The molecule has 1 fully saturated rings. The number of benzene rings is 1. The number of aryl methyl sites for hydroxylation is 2. The van der Waals surface area contributed by atoms with Crippen molar-refractivity contribution >= 4 is 5.88 Å². The lowest BCUT2D eigenvalue weighted by molar-refractivity contribution is -0.402. The van der Waals surface area contributed by atoms with Crippen molar-refractivity contribution in [3.63, 3.8) is 0 Å². The van der Waals surface area contributed by atoms with E-state index in [1.807, 2.05) is 5.01 Å². The Bertz CT molecular complexity index is 974. The number of hydrogen-bond donors (Lipinski definition) is 2. The van der Waals surface area contributed by atoms with Crippen molar-refractivity contribution in [3.05, 3.63) is 74.7 Å². The first kappa shape index (κ1) is 17.3. The van der Waals surface area contributed by atoms with Gasteiger partial charge in [-0.1, -0.05) is 23.8 Å². The van der Waals surface area contributed by atoms with E-state index in [1.165, 1.54) is 11.6 Å². The van der Waals surface area contributed by atoms with Crippen LogP contribution in [0.1, 0.15) is 41.0 Å². The third kappa shape index (κ3) is 2.97. The van der Waals surface area contributed by atoms with Crippen LogP contribution in [0, 0.1) is 35.3 Å². The molecule has 0 aliphatic carbocycles. The van der Waals surface area contributed by atoms with E-state index in [-0.39, 0.29) is 24.1 Å². The first-order valence-electron chi connectivity index (χ1n) is 8.70. The van der Waals surface area contributed by atoms with E-state index in [0.29, 0.717) is 17.8 Å². The van der Waals surface area contributed by atoms with Crippen LogP contribution in [-0.4, -0.2) is 16.1 Å². The van der Waals surface area contributed by atoms with Gasteiger partial charge in [-0.25, -0.2) is 0 Å². The van der Waals surface area contributed by atoms with Crippen LogP contribution in [0.15, 0.2) is 46.5 Å². The predicted molar refractivity (Wildman–Crippen MR) is 97.0 cm³/mol. The average molecular weight is 365 g/mol. The maximum atomic E-state index is 11.0. The second-order valence-electron chi connectivity index (χ2n) is 6.91. The minimum atomic E-state index is -0.544. The van der Waals surface area contributed by atoms with Gasteiger partial charge in [0, 0.05) is 6.20 Å². The fourth-order valence-electron chi connectivity index (χ4n) is 3.88. The van der Waals surface area contributed by atoms with Crippen molar-refractivity contribution < 1.29 is 9.34 Å². The lowest BCUT2D eigenvalue weighted by Gasteiger charge is -2.42. The third-order valence-corrected chi connectivity index (χ3v) is 5.15. The molecule has 8 nitrogen and oxygen atoms in total. The van der Waals surface area contributed by atoms with Gasteiger partial charge in [-0.05, 0) is 37.5 Å². The van der Waals surface area contributed by atoms with E-state index in [1.54, 1.807) is 12.3 Å². The van der Waals surface area contributed by atoms with Gasteiger partial charge >= 0.3 is 5.88 Å². The van der Waals surface area contributed by atoms with E-state index in [4.69, 9.17) is 4.42 Å². The van der Waals surface area contributed by atoms with Crippen LogP contribution < -0.4 is 10.7 Å². The number of furan rings is 1. The Morgan fingerprint density at radius 2 is 2.15 bits per heavy atom. The molecule has 0 saturated carbocycles. The Labute approximate surface area is 156 Å². The van der Waals surface area contributed by atoms with Crippen LogP contribution in [0.5, 0.6) is 0 Å². The second-order valence-corrected chi connectivity index (χ2v) is 6.91. The van der Waals surface area contributed by atoms with Gasteiger partial charge < -0.3 is 9.84 Å². The highest BCUT2D eigenvalue weighted by molar-refractivity contribution is 5.37. The largest absolute Gasteiger partial charge is 0.433 e. The summed E-state index contributed by atoms with van der Waals surface area (Å²) in [5.74, 6) is 0.221. The highest BCUT2D eigenvalue weighted by atomic mass is 16.6. The number of nitrogens with one attached hydrogen (secondary N) is 2. The van der Waals surface area contributed by atoms with Crippen molar-refractivity contribution in [2.75, 3.05) is 0 Å². The number of nitro groups is 1. The van der Waals surface area contributed by atoms with Gasteiger partial charge in [0.2, 0.25) is 0 Å². The Kier molecular flexibility index (Phi) is 4.18. The summed E-state index contributed by atoms with van der Waals surface area (Å²) in [7, 11) is 0. The molecule has 2 aliphatic rings. The fraction of sp³-hybridized carbons (Fsp3) is 0.316. The summed E-state index contributed by atoms with van der Waals surface area (Å²) in [6.07, 6.45) is 2.01. The van der Waals surface area contributed by atoms with E-state index < -0.39 is 4.92 Å². The van der Waals surface area contributed by atoms with Crippen molar-refractivity contribution in [1.82, 2.24) is 15.8 Å².